The van der Waals surface area contributed by atoms with Gasteiger partial charge in [0.05, 0.1) is 0 Å². The fourth-order valence-corrected chi connectivity index (χ4v) is 2.97. The van der Waals surface area contributed by atoms with Crippen LogP contribution in [0.1, 0.15) is 23.9 Å². The summed E-state index contributed by atoms with van der Waals surface area (Å²) in [6.07, 6.45) is 4.48. The van der Waals surface area contributed by atoms with Gasteiger partial charge in [-0.25, -0.2) is 9.67 Å². The summed E-state index contributed by atoms with van der Waals surface area (Å²) in [5.74, 6) is 0.967. The van der Waals surface area contributed by atoms with Gasteiger partial charge in [0.1, 0.15) is 24.5 Å². The summed E-state index contributed by atoms with van der Waals surface area (Å²) in [6.45, 7) is 0.194. The van der Waals surface area contributed by atoms with Gasteiger partial charge in [0.15, 0.2) is 17.3 Å². The fourth-order valence-electron chi connectivity index (χ4n) is 2.97. The highest BCUT2D eigenvalue weighted by Gasteiger charge is 2.35. The number of ether oxygens (including phenoxy) is 2. The number of carbonyl (C=O) groups excluding carboxylic acids is 1. The number of benzene rings is 1. The molecule has 7 nitrogen and oxygen atoms in total. The van der Waals surface area contributed by atoms with E-state index in [-0.39, 0.29) is 30.7 Å². The molecule has 2 heterocycles. The molecule has 2 aliphatic rings. The molecule has 1 aliphatic carbocycles. The summed E-state index contributed by atoms with van der Waals surface area (Å²) in [4.78, 5) is 15.8. The molecule has 0 amide bonds. The molecule has 112 valence electrons. The molecule has 2 atom stereocenters. The second kappa shape index (κ2) is 4.87. The van der Waals surface area contributed by atoms with Crippen LogP contribution in [-0.2, 0) is 4.79 Å². The molecule has 22 heavy (non-hydrogen) atoms. The van der Waals surface area contributed by atoms with Crippen molar-refractivity contribution in [3.05, 3.63) is 48.3 Å². The quantitative estimate of drug-likeness (QED) is 0.909. The number of ketones is 1. The molecule has 2 aromatic rings. The molecule has 7 heteroatoms. The zero-order valence-corrected chi connectivity index (χ0v) is 11.5. The normalized spacial score (nSPS) is 23.5. The third-order valence-electron chi connectivity index (χ3n) is 3.96. The molecule has 0 saturated carbocycles. The third kappa shape index (κ3) is 2.02. The minimum atomic E-state index is -0.458. The molecule has 0 unspecified atom stereocenters. The van der Waals surface area contributed by atoms with Crippen molar-refractivity contribution in [1.82, 2.24) is 14.8 Å². The largest absolute Gasteiger partial charge is 0.510 e. The van der Waals surface area contributed by atoms with Gasteiger partial charge in [-0.3, -0.25) is 4.79 Å². The van der Waals surface area contributed by atoms with Gasteiger partial charge in [-0.2, -0.15) is 5.10 Å². The highest BCUT2D eigenvalue weighted by molar-refractivity contribution is 5.92. The number of rotatable bonds is 2. The summed E-state index contributed by atoms with van der Waals surface area (Å²) >= 11 is 0. The van der Waals surface area contributed by atoms with E-state index in [9.17, 15) is 9.90 Å². The predicted molar refractivity (Wildman–Crippen MR) is 74.7 cm³/mol. The third-order valence-corrected chi connectivity index (χ3v) is 3.96. The molecular formula is C15H13N3O4. The standard InChI is InChI=1S/C15H13N3O4/c19-10-4-11(9-1-2-13-14(3-9)22-8-21-13)15(12(20)5-10)18-7-16-6-17-18/h1-3,5-7,11,15,20H,4,8H2/t11-,15-/m1/s1. The summed E-state index contributed by atoms with van der Waals surface area (Å²) in [5.41, 5.74) is 0.887. The van der Waals surface area contributed by atoms with Gasteiger partial charge in [-0.05, 0) is 17.7 Å². The zero-order chi connectivity index (χ0) is 15.1. The Labute approximate surface area is 125 Å². The van der Waals surface area contributed by atoms with Crippen LogP contribution in [0.25, 0.3) is 0 Å². The first kappa shape index (κ1) is 12.9. The molecule has 0 fully saturated rings. The van der Waals surface area contributed by atoms with Gasteiger partial charge in [-0.1, -0.05) is 6.07 Å². The molecule has 1 N–H and O–H groups in total. The predicted octanol–water partition coefficient (Wildman–Crippen LogP) is 1.75. The minimum Gasteiger partial charge on any atom is -0.510 e. The van der Waals surface area contributed by atoms with E-state index in [0.29, 0.717) is 11.5 Å². The average molecular weight is 299 g/mol. The number of allylic oxidation sites excluding steroid dienone is 2. The van der Waals surface area contributed by atoms with Crippen LogP contribution in [0, 0.1) is 0 Å². The fraction of sp³-hybridized carbons (Fsp3) is 0.267. The second-order valence-electron chi connectivity index (χ2n) is 5.28. The molecule has 1 aliphatic heterocycles. The van der Waals surface area contributed by atoms with Gasteiger partial charge in [0, 0.05) is 18.4 Å². The van der Waals surface area contributed by atoms with Gasteiger partial charge >= 0.3 is 0 Å². The van der Waals surface area contributed by atoms with Crippen molar-refractivity contribution in [1.29, 1.82) is 0 Å². The van der Waals surface area contributed by atoms with Crippen molar-refractivity contribution in [2.45, 2.75) is 18.4 Å². The van der Waals surface area contributed by atoms with Gasteiger partial charge < -0.3 is 14.6 Å². The van der Waals surface area contributed by atoms with E-state index in [0.717, 1.165) is 5.56 Å². The minimum absolute atomic E-state index is 0.00980. The van der Waals surface area contributed by atoms with Crippen molar-refractivity contribution in [2.75, 3.05) is 6.79 Å². The summed E-state index contributed by atoms with van der Waals surface area (Å²) in [5, 5.41) is 14.3. The summed E-state index contributed by atoms with van der Waals surface area (Å²) < 4.78 is 12.3. The lowest BCUT2D eigenvalue weighted by atomic mass is 9.82. The lowest BCUT2D eigenvalue weighted by Crippen LogP contribution is -2.27. The summed E-state index contributed by atoms with van der Waals surface area (Å²) in [7, 11) is 0. The highest BCUT2D eigenvalue weighted by atomic mass is 16.7. The molecule has 0 saturated heterocycles. The Balaban J connectivity index is 1.78. The van der Waals surface area contributed by atoms with Crippen LogP contribution >= 0.6 is 0 Å². The molecule has 4 rings (SSSR count). The Morgan fingerprint density at radius 1 is 1.27 bits per heavy atom. The van der Waals surface area contributed by atoms with Crippen molar-refractivity contribution in [3.63, 3.8) is 0 Å². The molecule has 0 bridgehead atoms. The smallest absolute Gasteiger partial charge is 0.231 e. The van der Waals surface area contributed by atoms with Crippen LogP contribution in [0.4, 0.5) is 0 Å². The number of hydrogen-bond donors (Lipinski definition) is 1. The number of aliphatic hydroxyl groups is 1. The molecule has 0 radical (unpaired) electrons. The lowest BCUT2D eigenvalue weighted by Gasteiger charge is -2.29. The van der Waals surface area contributed by atoms with Crippen LogP contribution in [-0.4, -0.2) is 32.4 Å². The topological polar surface area (TPSA) is 86.5 Å². The zero-order valence-electron chi connectivity index (χ0n) is 11.5. The van der Waals surface area contributed by atoms with Crippen LogP contribution in [0.15, 0.2) is 42.7 Å². The van der Waals surface area contributed by atoms with E-state index >= 15 is 0 Å². The van der Waals surface area contributed by atoms with E-state index in [2.05, 4.69) is 10.1 Å². The lowest BCUT2D eigenvalue weighted by molar-refractivity contribution is -0.116. The first-order valence-electron chi connectivity index (χ1n) is 6.89. The highest BCUT2D eigenvalue weighted by Crippen LogP contribution is 2.42. The van der Waals surface area contributed by atoms with E-state index in [4.69, 9.17) is 9.47 Å². The first-order chi connectivity index (χ1) is 10.7. The molecule has 1 aromatic carbocycles. The molecular weight excluding hydrogens is 286 g/mol. The number of nitrogens with zero attached hydrogens (tertiary/aromatic N) is 3. The Bertz CT molecular complexity index is 754. The Kier molecular flexibility index (Phi) is 2.85. The van der Waals surface area contributed by atoms with E-state index < -0.39 is 6.04 Å². The van der Waals surface area contributed by atoms with E-state index in [1.54, 1.807) is 4.68 Å². The summed E-state index contributed by atoms with van der Waals surface area (Å²) in [6, 6.07) is 5.09. The monoisotopic (exact) mass is 299 g/mol. The second-order valence-corrected chi connectivity index (χ2v) is 5.28. The van der Waals surface area contributed by atoms with Gasteiger partial charge in [0.25, 0.3) is 0 Å². The molecule has 0 spiro atoms. The van der Waals surface area contributed by atoms with Crippen molar-refractivity contribution in [3.8, 4) is 11.5 Å². The van der Waals surface area contributed by atoms with Crippen LogP contribution in [0.5, 0.6) is 11.5 Å². The number of fused-ring (bicyclic) bond motifs is 1. The van der Waals surface area contributed by atoms with Crippen molar-refractivity contribution < 1.29 is 19.4 Å². The SMILES string of the molecule is O=C1C=C(O)[C@H](n2cncn2)[C@@H](c2ccc3c(c2)OCO3)C1. The average Bonchev–Trinajstić information content (AvgIpc) is 3.16. The molecule has 1 aromatic heterocycles. The van der Waals surface area contributed by atoms with Crippen molar-refractivity contribution >= 4 is 5.78 Å². The maximum atomic E-state index is 11.9. The Morgan fingerprint density at radius 2 is 2.14 bits per heavy atom. The number of aromatic nitrogens is 3. The van der Waals surface area contributed by atoms with E-state index in [1.165, 1.54) is 18.7 Å². The maximum absolute atomic E-state index is 11.9. The Hall–Kier alpha value is -2.83. The van der Waals surface area contributed by atoms with Crippen LogP contribution in [0.3, 0.4) is 0 Å². The maximum Gasteiger partial charge on any atom is 0.231 e. The number of carbonyl (C=O) groups is 1. The number of hydrogen-bond acceptors (Lipinski definition) is 6. The van der Waals surface area contributed by atoms with E-state index in [1.807, 2.05) is 18.2 Å². The van der Waals surface area contributed by atoms with Crippen LogP contribution in [0.2, 0.25) is 0 Å². The first-order valence-corrected chi connectivity index (χ1v) is 6.89. The van der Waals surface area contributed by atoms with Gasteiger partial charge in [-0.15, -0.1) is 0 Å². The Morgan fingerprint density at radius 3 is 2.95 bits per heavy atom. The number of aliphatic hydroxyl groups excluding tert-OH is 1. The van der Waals surface area contributed by atoms with Gasteiger partial charge in [0.2, 0.25) is 6.79 Å². The van der Waals surface area contributed by atoms with Crippen molar-refractivity contribution in [2.24, 2.45) is 0 Å². The van der Waals surface area contributed by atoms with Crippen LogP contribution < -0.4 is 9.47 Å².